The summed E-state index contributed by atoms with van der Waals surface area (Å²) in [6, 6.07) is 0. The largest absolute Gasteiger partial charge is 0.478 e. The lowest BCUT2D eigenvalue weighted by Gasteiger charge is -2.12. The number of aromatic amines is 6. The first-order chi connectivity index (χ1) is 56.0. The van der Waals surface area contributed by atoms with Crippen LogP contribution in [0.3, 0.4) is 0 Å². The Hall–Kier alpha value is -14.3. The molecule has 120 heavy (non-hydrogen) atoms. The number of aromatic carboxylic acids is 6. The van der Waals surface area contributed by atoms with Gasteiger partial charge in [0.15, 0.2) is 140 Å². The van der Waals surface area contributed by atoms with Gasteiger partial charge in [0.25, 0.3) is 0 Å². The second-order valence-electron chi connectivity index (χ2n) is 25.6. The lowest BCUT2D eigenvalue weighted by molar-refractivity contribution is 0.0685. The Labute approximate surface area is 636 Å². The second-order valence-corrected chi connectivity index (χ2v) is 25.6. The molecule has 1 aliphatic heterocycles. The van der Waals surface area contributed by atoms with E-state index in [0.29, 0.717) is 0 Å². The van der Waals surface area contributed by atoms with Crippen molar-refractivity contribution in [3.63, 3.8) is 0 Å². The molecule has 0 amide bonds. The van der Waals surface area contributed by atoms with Crippen molar-refractivity contribution in [1.82, 2.24) is 29.9 Å². The standard InChI is InChI=1S/C72H24F30N6O12/c73-37-31(38(74)50(86)61(97)49(37)85)19-7-1-13-25(67(109)110)20(32-39(75)51(87)62(98)52(88)40(32)76)8(104-13)2-15-27(69(113)114)22(34-43(79)55(91)64(100)56(92)44(34)80)10(106-15)4-17-29(71(117)118)24(36-47(83)59(95)66(102)60(96)48(36)84)12(108-17)6-18-30(72(119)120)23(35-45(81)57(93)65(101)58(94)46(35)82)11(107-18)5-16-28(70(115)116)21(9(105-16)3-14(103-7)26(19)68(111)112)33-41(77)53(89)63(99)54(90)42(33)78/h103-108H,1-6H2,(H,109,110)(H,111,112)(H,113,114)(H,115,116)(H,117,118)(H,119,120). The molecule has 0 unspecified atom stereocenters. The van der Waals surface area contributed by atoms with Crippen molar-refractivity contribution >= 4 is 35.8 Å². The molecule has 7 heterocycles. The van der Waals surface area contributed by atoms with Crippen molar-refractivity contribution in [1.29, 1.82) is 0 Å². The molecule has 12 bridgehead atoms. The molecule has 12 N–H and O–H groups in total. The SMILES string of the molecule is O=C(O)c1c2[nH]c(c1-c1c(F)c(F)c(F)c(F)c1F)Cc1[nH]c(c(-c3c(F)c(F)c(F)c(F)c3F)c1C(=O)O)Cc1[nH]c(c(-c3c(F)c(F)c(F)c(F)c3F)c1C(=O)O)Cc1[nH]c(c(-c3c(F)c(F)c(F)c(F)c3F)c1C(=O)O)Cc1[nH]c(c(-c3c(F)c(F)c(F)c(F)c3F)c1C(=O)O)Cc1[nH]c(c(-c3c(F)c(F)c(F)c(F)c3F)c1C(=O)O)C2. The van der Waals surface area contributed by atoms with Gasteiger partial charge < -0.3 is 60.5 Å². The van der Waals surface area contributed by atoms with E-state index in [0.717, 1.165) is 0 Å². The Balaban J connectivity index is 1.28. The molecule has 13 rings (SSSR count). The molecule has 0 saturated carbocycles. The van der Waals surface area contributed by atoms with Crippen molar-refractivity contribution in [3.8, 4) is 66.8 Å². The molecule has 6 aromatic carbocycles. The summed E-state index contributed by atoms with van der Waals surface area (Å²) in [6.07, 6.45) is -13.1. The fourth-order valence-electron chi connectivity index (χ4n) is 14.3. The van der Waals surface area contributed by atoms with E-state index < -0.39 is 417 Å². The van der Waals surface area contributed by atoms with Gasteiger partial charge >= 0.3 is 35.8 Å². The Morgan fingerprint density at radius 3 is 0.308 bits per heavy atom. The second kappa shape index (κ2) is 29.4. The van der Waals surface area contributed by atoms with Gasteiger partial charge in [-0.1, -0.05) is 0 Å². The molecule has 0 spiro atoms. The van der Waals surface area contributed by atoms with Crippen LogP contribution in [-0.2, 0) is 38.5 Å². The molecule has 0 saturated heterocycles. The third-order valence-electron chi connectivity index (χ3n) is 19.1. The van der Waals surface area contributed by atoms with Crippen LogP contribution in [0.5, 0.6) is 0 Å². The molecule has 624 valence electrons. The number of aromatic nitrogens is 6. The monoisotopic (exact) mass is 1730 g/mol. The van der Waals surface area contributed by atoms with Gasteiger partial charge in [-0.25, -0.2) is 160 Å². The topological polar surface area (TPSA) is 319 Å². The Morgan fingerprint density at radius 2 is 0.225 bits per heavy atom. The number of carbonyl (C=O) groups is 6. The Morgan fingerprint density at radius 1 is 0.142 bits per heavy atom. The first-order valence-electron chi connectivity index (χ1n) is 32.0. The average Bonchev–Trinajstić information content (AvgIpc) is 1.57. The van der Waals surface area contributed by atoms with Gasteiger partial charge in [0, 0.05) is 140 Å². The summed E-state index contributed by atoms with van der Waals surface area (Å²) in [5.41, 5.74) is -62.5. The third-order valence-corrected chi connectivity index (χ3v) is 19.1. The van der Waals surface area contributed by atoms with E-state index in [9.17, 15) is 59.4 Å². The number of carboxylic acid groups (broad SMARTS) is 6. The zero-order valence-corrected chi connectivity index (χ0v) is 56.7. The summed E-state index contributed by atoms with van der Waals surface area (Å²) in [7, 11) is 0. The number of halogens is 30. The van der Waals surface area contributed by atoms with E-state index in [2.05, 4.69) is 0 Å². The van der Waals surface area contributed by atoms with Crippen LogP contribution in [0.25, 0.3) is 66.8 Å². The zero-order valence-electron chi connectivity index (χ0n) is 56.7. The number of carboxylic acids is 6. The number of rotatable bonds is 12. The van der Waals surface area contributed by atoms with E-state index in [1.165, 1.54) is 0 Å². The molecular weight excluding hydrogens is 1710 g/mol. The fourth-order valence-corrected chi connectivity index (χ4v) is 14.3. The lowest BCUT2D eigenvalue weighted by atomic mass is 9.91. The van der Waals surface area contributed by atoms with Gasteiger partial charge in [0.1, 0.15) is 0 Å². The van der Waals surface area contributed by atoms with Crippen LogP contribution in [0.1, 0.15) is 130 Å². The quantitative estimate of drug-likeness (QED) is 0.0309. The van der Waals surface area contributed by atoms with Crippen LogP contribution in [0.4, 0.5) is 132 Å². The van der Waals surface area contributed by atoms with E-state index in [4.69, 9.17) is 0 Å². The Bertz CT molecular complexity index is 5530. The van der Waals surface area contributed by atoms with Gasteiger partial charge in [-0.2, -0.15) is 0 Å². The minimum Gasteiger partial charge on any atom is -0.478 e. The molecular formula is C72H24F30N6O12. The highest BCUT2D eigenvalue weighted by Crippen LogP contribution is 2.50. The van der Waals surface area contributed by atoms with E-state index in [1.54, 1.807) is 0 Å². The summed E-state index contributed by atoms with van der Waals surface area (Å²) < 4.78 is 478. The van der Waals surface area contributed by atoms with E-state index in [1.807, 2.05) is 29.9 Å². The highest BCUT2D eigenvalue weighted by molar-refractivity contribution is 6.05. The van der Waals surface area contributed by atoms with E-state index in [-0.39, 0.29) is 0 Å². The van der Waals surface area contributed by atoms with Gasteiger partial charge in [0.2, 0.25) is 34.9 Å². The fraction of sp³-hybridized carbons (Fsp3) is 0.0833. The van der Waals surface area contributed by atoms with Crippen molar-refractivity contribution in [2.45, 2.75) is 38.5 Å². The number of H-pyrrole nitrogens is 6. The normalized spacial score (nSPS) is 12.4. The van der Waals surface area contributed by atoms with Crippen LogP contribution < -0.4 is 0 Å². The minimum atomic E-state index is -3.19. The van der Waals surface area contributed by atoms with Crippen molar-refractivity contribution < 1.29 is 191 Å². The van der Waals surface area contributed by atoms with Crippen LogP contribution in [0.15, 0.2) is 0 Å². The molecule has 0 aliphatic carbocycles. The lowest BCUT2D eigenvalue weighted by Crippen LogP contribution is -2.10. The van der Waals surface area contributed by atoms with Gasteiger partial charge in [-0.05, 0) is 0 Å². The molecule has 1 aliphatic rings. The van der Waals surface area contributed by atoms with E-state index >= 15 is 132 Å². The number of benzene rings is 6. The molecule has 48 heteroatoms. The summed E-state index contributed by atoms with van der Waals surface area (Å²) in [6.45, 7) is 0. The molecule has 0 radical (unpaired) electrons. The minimum absolute atomic E-state index is 1.75. The van der Waals surface area contributed by atoms with Crippen LogP contribution in [0, 0.1) is 175 Å². The maximum absolute atomic E-state index is 16.7. The van der Waals surface area contributed by atoms with Gasteiger partial charge in [0.05, 0.1) is 66.8 Å². The van der Waals surface area contributed by atoms with Gasteiger partial charge in [-0.3, -0.25) is 0 Å². The number of nitrogens with one attached hydrogen (secondary N) is 6. The summed E-state index contributed by atoms with van der Waals surface area (Å²) in [4.78, 5) is 94.7. The predicted molar refractivity (Wildman–Crippen MR) is 335 cm³/mol. The highest BCUT2D eigenvalue weighted by atomic mass is 19.2. The van der Waals surface area contributed by atoms with Crippen LogP contribution in [0.2, 0.25) is 0 Å². The van der Waals surface area contributed by atoms with Crippen LogP contribution in [-0.4, -0.2) is 96.4 Å². The van der Waals surface area contributed by atoms with Crippen LogP contribution >= 0.6 is 0 Å². The maximum atomic E-state index is 16.7. The Kier molecular flexibility index (Phi) is 20.5. The summed E-state index contributed by atoms with van der Waals surface area (Å²) in [5, 5.41) is 66.7. The van der Waals surface area contributed by atoms with Gasteiger partial charge in [-0.15, -0.1) is 0 Å². The first kappa shape index (κ1) is 83.7. The van der Waals surface area contributed by atoms with Crippen molar-refractivity contribution in [3.05, 3.63) is 276 Å². The number of fused-ring (bicyclic) bond motifs is 12. The zero-order chi connectivity index (χ0) is 88.6. The predicted octanol–water partition coefficient (Wildman–Crippen LogP) is 17.9. The van der Waals surface area contributed by atoms with Crippen molar-refractivity contribution in [2.75, 3.05) is 0 Å². The number of hydrogen-bond donors (Lipinski definition) is 12. The molecule has 12 aromatic rings. The molecule has 0 atom stereocenters. The number of hydrogen-bond acceptors (Lipinski definition) is 6. The molecule has 6 aromatic heterocycles. The molecule has 0 fully saturated rings. The third kappa shape index (κ3) is 12.3. The first-order valence-corrected chi connectivity index (χ1v) is 32.0. The maximum Gasteiger partial charge on any atom is 0.338 e. The smallest absolute Gasteiger partial charge is 0.338 e. The highest BCUT2D eigenvalue weighted by Gasteiger charge is 2.45. The molecule has 18 nitrogen and oxygen atoms in total. The average molecular weight is 1730 g/mol. The van der Waals surface area contributed by atoms with Crippen molar-refractivity contribution in [2.24, 2.45) is 0 Å². The summed E-state index contributed by atoms with van der Waals surface area (Å²) >= 11 is 0. The summed E-state index contributed by atoms with van der Waals surface area (Å²) in [5.74, 6) is -112.